The van der Waals surface area contributed by atoms with E-state index in [0.29, 0.717) is 38.3 Å². The van der Waals surface area contributed by atoms with Crippen LogP contribution in [0, 0.1) is 17.0 Å². The fourth-order valence-electron chi connectivity index (χ4n) is 3.16. The van der Waals surface area contributed by atoms with Crippen LogP contribution in [0.5, 0.6) is 0 Å². The number of carbonyl (C=O) groups excluding carboxylic acids is 1. The van der Waals surface area contributed by atoms with Crippen LogP contribution in [-0.2, 0) is 6.54 Å². The van der Waals surface area contributed by atoms with Crippen molar-refractivity contribution in [1.29, 1.82) is 0 Å². The molecule has 0 aliphatic carbocycles. The second kappa shape index (κ2) is 7.44. The van der Waals surface area contributed by atoms with Crippen LogP contribution in [0.2, 0.25) is 0 Å². The van der Waals surface area contributed by atoms with E-state index in [1.165, 1.54) is 6.07 Å². The molecule has 0 radical (unpaired) electrons. The third-order valence-corrected chi connectivity index (χ3v) is 4.62. The molecule has 2 aromatic carbocycles. The van der Waals surface area contributed by atoms with Crippen LogP contribution in [0.4, 0.5) is 5.69 Å². The van der Waals surface area contributed by atoms with E-state index in [9.17, 15) is 14.9 Å². The Kier molecular flexibility index (Phi) is 5.09. The fraction of sp³-hybridized carbons (Fsp3) is 0.316. The van der Waals surface area contributed by atoms with Gasteiger partial charge in [-0.3, -0.25) is 19.8 Å². The maximum absolute atomic E-state index is 12.6. The first-order chi connectivity index (χ1) is 12.1. The molecule has 1 fully saturated rings. The minimum absolute atomic E-state index is 0.0587. The van der Waals surface area contributed by atoms with Crippen molar-refractivity contribution in [3.8, 4) is 0 Å². The van der Waals surface area contributed by atoms with Gasteiger partial charge < -0.3 is 4.90 Å². The molecule has 130 valence electrons. The lowest BCUT2D eigenvalue weighted by molar-refractivity contribution is -0.385. The highest BCUT2D eigenvalue weighted by atomic mass is 16.6. The first-order valence-electron chi connectivity index (χ1n) is 8.36. The van der Waals surface area contributed by atoms with E-state index in [-0.39, 0.29) is 16.5 Å². The Morgan fingerprint density at radius 2 is 1.68 bits per heavy atom. The van der Waals surface area contributed by atoms with Gasteiger partial charge in [-0.05, 0) is 18.6 Å². The summed E-state index contributed by atoms with van der Waals surface area (Å²) in [6.45, 7) is 5.16. The molecule has 25 heavy (non-hydrogen) atoms. The van der Waals surface area contributed by atoms with Crippen LogP contribution >= 0.6 is 0 Å². The van der Waals surface area contributed by atoms with Crippen LogP contribution in [0.3, 0.4) is 0 Å². The molecule has 1 aliphatic heterocycles. The Labute approximate surface area is 146 Å². The van der Waals surface area contributed by atoms with Crippen molar-refractivity contribution in [3.05, 3.63) is 75.3 Å². The standard InChI is InChI=1S/C19H21N3O3/c1-15-6-2-4-8-17(15)19(23)21-12-10-20(11-13-21)14-16-7-3-5-9-18(16)22(24)25/h2-9H,10-14H2,1H3. The van der Waals surface area contributed by atoms with Gasteiger partial charge in [-0.1, -0.05) is 36.4 Å². The molecule has 1 heterocycles. The van der Waals surface area contributed by atoms with Gasteiger partial charge in [0.25, 0.3) is 11.6 Å². The van der Waals surface area contributed by atoms with Crippen LogP contribution < -0.4 is 0 Å². The van der Waals surface area contributed by atoms with E-state index >= 15 is 0 Å². The largest absolute Gasteiger partial charge is 0.336 e. The number of nitro benzene ring substituents is 1. The van der Waals surface area contributed by atoms with Gasteiger partial charge in [0.05, 0.1) is 4.92 Å². The summed E-state index contributed by atoms with van der Waals surface area (Å²) in [7, 11) is 0. The first kappa shape index (κ1) is 17.1. The molecule has 0 bridgehead atoms. The number of hydrogen-bond donors (Lipinski definition) is 0. The van der Waals surface area contributed by atoms with Crippen LogP contribution in [0.15, 0.2) is 48.5 Å². The summed E-state index contributed by atoms with van der Waals surface area (Å²) in [5.41, 5.74) is 2.59. The normalized spacial score (nSPS) is 15.2. The minimum Gasteiger partial charge on any atom is -0.336 e. The number of amides is 1. The van der Waals surface area contributed by atoms with Crippen molar-refractivity contribution in [2.75, 3.05) is 26.2 Å². The van der Waals surface area contributed by atoms with Crippen LogP contribution in [-0.4, -0.2) is 46.8 Å². The summed E-state index contributed by atoms with van der Waals surface area (Å²) in [6, 6.07) is 14.4. The number of piperazine rings is 1. The molecular weight excluding hydrogens is 318 g/mol. The van der Waals surface area contributed by atoms with Crippen molar-refractivity contribution >= 4 is 11.6 Å². The van der Waals surface area contributed by atoms with Gasteiger partial charge >= 0.3 is 0 Å². The van der Waals surface area contributed by atoms with E-state index in [0.717, 1.165) is 11.1 Å². The SMILES string of the molecule is Cc1ccccc1C(=O)N1CCN(Cc2ccccc2[N+](=O)[O-])CC1. The maximum atomic E-state index is 12.6. The Hall–Kier alpha value is -2.73. The lowest BCUT2D eigenvalue weighted by Crippen LogP contribution is -2.48. The summed E-state index contributed by atoms with van der Waals surface area (Å²) >= 11 is 0. The fourth-order valence-corrected chi connectivity index (χ4v) is 3.16. The van der Waals surface area contributed by atoms with Crippen molar-refractivity contribution in [3.63, 3.8) is 0 Å². The smallest absolute Gasteiger partial charge is 0.273 e. The maximum Gasteiger partial charge on any atom is 0.273 e. The molecule has 0 aromatic heterocycles. The number of aryl methyl sites for hydroxylation is 1. The molecule has 1 aliphatic rings. The number of benzene rings is 2. The molecule has 0 atom stereocenters. The molecule has 0 unspecified atom stereocenters. The van der Waals surface area contributed by atoms with Crippen LogP contribution in [0.25, 0.3) is 0 Å². The highest BCUT2D eigenvalue weighted by Gasteiger charge is 2.24. The number of hydrogen-bond acceptors (Lipinski definition) is 4. The van der Waals surface area contributed by atoms with Gasteiger partial charge in [0.1, 0.15) is 0 Å². The van der Waals surface area contributed by atoms with Crippen molar-refractivity contribution in [2.24, 2.45) is 0 Å². The number of para-hydroxylation sites is 1. The molecule has 6 nitrogen and oxygen atoms in total. The van der Waals surface area contributed by atoms with E-state index in [4.69, 9.17) is 0 Å². The molecule has 0 saturated carbocycles. The summed E-state index contributed by atoms with van der Waals surface area (Å²) in [5.74, 6) is 0.0587. The summed E-state index contributed by atoms with van der Waals surface area (Å²) in [5, 5.41) is 11.1. The van der Waals surface area contributed by atoms with Gasteiger partial charge in [0.2, 0.25) is 0 Å². The van der Waals surface area contributed by atoms with Gasteiger partial charge in [-0.25, -0.2) is 0 Å². The minimum atomic E-state index is -0.340. The average Bonchev–Trinajstić information content (AvgIpc) is 2.62. The van der Waals surface area contributed by atoms with Crippen LogP contribution in [0.1, 0.15) is 21.5 Å². The number of nitrogens with zero attached hydrogens (tertiary/aromatic N) is 3. The van der Waals surface area contributed by atoms with Gasteiger partial charge in [0, 0.05) is 49.9 Å². The van der Waals surface area contributed by atoms with E-state index in [2.05, 4.69) is 4.90 Å². The number of carbonyl (C=O) groups is 1. The summed E-state index contributed by atoms with van der Waals surface area (Å²) in [6.07, 6.45) is 0. The Morgan fingerprint density at radius 3 is 2.36 bits per heavy atom. The third kappa shape index (κ3) is 3.85. The van der Waals surface area contributed by atoms with E-state index in [1.807, 2.05) is 42.2 Å². The average molecular weight is 339 g/mol. The number of rotatable bonds is 4. The molecule has 1 amide bonds. The number of nitro groups is 1. The highest BCUT2D eigenvalue weighted by molar-refractivity contribution is 5.95. The van der Waals surface area contributed by atoms with Gasteiger partial charge in [-0.2, -0.15) is 0 Å². The Bertz CT molecular complexity index is 783. The Balaban J connectivity index is 1.62. The van der Waals surface area contributed by atoms with Gasteiger partial charge in [0.15, 0.2) is 0 Å². The molecule has 0 spiro atoms. The van der Waals surface area contributed by atoms with Crippen molar-refractivity contribution in [1.82, 2.24) is 9.80 Å². The lowest BCUT2D eigenvalue weighted by atomic mass is 10.1. The topological polar surface area (TPSA) is 66.7 Å². The monoisotopic (exact) mass is 339 g/mol. The predicted octanol–water partition coefficient (Wildman–Crippen LogP) is 2.86. The van der Waals surface area contributed by atoms with Gasteiger partial charge in [-0.15, -0.1) is 0 Å². The second-order valence-electron chi connectivity index (χ2n) is 6.27. The van der Waals surface area contributed by atoms with E-state index in [1.54, 1.807) is 12.1 Å². The quantitative estimate of drug-likeness (QED) is 0.634. The highest BCUT2D eigenvalue weighted by Crippen LogP contribution is 2.20. The predicted molar refractivity (Wildman–Crippen MR) is 95.5 cm³/mol. The zero-order valence-electron chi connectivity index (χ0n) is 14.2. The summed E-state index contributed by atoms with van der Waals surface area (Å²) in [4.78, 5) is 27.5. The molecule has 6 heteroatoms. The van der Waals surface area contributed by atoms with Crippen molar-refractivity contribution in [2.45, 2.75) is 13.5 Å². The first-order valence-corrected chi connectivity index (χ1v) is 8.36. The summed E-state index contributed by atoms with van der Waals surface area (Å²) < 4.78 is 0. The molecular formula is C19H21N3O3. The lowest BCUT2D eigenvalue weighted by Gasteiger charge is -2.35. The van der Waals surface area contributed by atoms with E-state index < -0.39 is 0 Å². The Morgan fingerprint density at radius 1 is 1.04 bits per heavy atom. The van der Waals surface area contributed by atoms with Crippen molar-refractivity contribution < 1.29 is 9.72 Å². The molecule has 3 rings (SSSR count). The zero-order valence-corrected chi connectivity index (χ0v) is 14.2. The molecule has 0 N–H and O–H groups in total. The second-order valence-corrected chi connectivity index (χ2v) is 6.27. The molecule has 1 saturated heterocycles. The zero-order chi connectivity index (χ0) is 17.8. The third-order valence-electron chi connectivity index (χ3n) is 4.62. The molecule has 2 aromatic rings.